The van der Waals surface area contributed by atoms with Gasteiger partial charge in [0.2, 0.25) is 5.91 Å². The second-order valence-corrected chi connectivity index (χ2v) is 6.86. The van der Waals surface area contributed by atoms with Gasteiger partial charge >= 0.3 is 5.97 Å². The molecule has 1 aliphatic rings. The number of aliphatic hydroxyl groups excluding tert-OH is 1. The molecule has 0 spiro atoms. The number of carbonyl (C=O) groups excluding carboxylic acids is 2. The molecule has 1 N–H and O–H groups in total. The first-order valence-corrected chi connectivity index (χ1v) is 9.83. The van der Waals surface area contributed by atoms with E-state index in [9.17, 15) is 14.7 Å². The van der Waals surface area contributed by atoms with Gasteiger partial charge in [-0.15, -0.1) is 11.8 Å². The quantitative estimate of drug-likeness (QED) is 0.275. The molecule has 150 valence electrons. The van der Waals surface area contributed by atoms with Crippen LogP contribution in [0.4, 0.5) is 0 Å². The standard InChI is InChI=1S/C22H33NO4/c1-4-5-8-11-18(2)20(24)15-13-19-14-16-21(25)23(19)17-10-7-6-9-12-22(26)27-3/h7,10,13,15,18-20,24H,4,6,9,11-12,14,16-17H2,1-3H3/t18-,19-,20-/m0/s1. The summed E-state index contributed by atoms with van der Waals surface area (Å²) in [7, 11) is 1.39. The van der Waals surface area contributed by atoms with Crippen molar-refractivity contribution in [2.75, 3.05) is 13.7 Å². The maximum absolute atomic E-state index is 12.1. The largest absolute Gasteiger partial charge is 0.469 e. The van der Waals surface area contributed by atoms with Crippen molar-refractivity contribution in [1.29, 1.82) is 0 Å². The van der Waals surface area contributed by atoms with E-state index in [0.29, 0.717) is 25.8 Å². The number of hydrogen-bond donors (Lipinski definition) is 1. The van der Waals surface area contributed by atoms with Gasteiger partial charge in [-0.05, 0) is 25.2 Å². The highest BCUT2D eigenvalue weighted by molar-refractivity contribution is 5.79. The van der Waals surface area contributed by atoms with Crippen LogP contribution in [0, 0.1) is 17.8 Å². The molecule has 0 aromatic carbocycles. The molecule has 0 saturated carbocycles. The molecule has 0 radical (unpaired) electrons. The van der Waals surface area contributed by atoms with Crippen molar-refractivity contribution in [3.63, 3.8) is 0 Å². The molecule has 0 aliphatic carbocycles. The monoisotopic (exact) mass is 375 g/mol. The van der Waals surface area contributed by atoms with E-state index in [4.69, 9.17) is 0 Å². The predicted molar refractivity (Wildman–Crippen MR) is 107 cm³/mol. The number of aliphatic hydroxyl groups is 1. The summed E-state index contributed by atoms with van der Waals surface area (Å²) in [6.45, 7) is 4.54. The Morgan fingerprint density at radius 3 is 2.89 bits per heavy atom. The Kier molecular flexibility index (Phi) is 11.2. The van der Waals surface area contributed by atoms with Crippen LogP contribution < -0.4 is 0 Å². The van der Waals surface area contributed by atoms with E-state index < -0.39 is 6.10 Å². The van der Waals surface area contributed by atoms with Crippen LogP contribution in [0.2, 0.25) is 0 Å². The number of methoxy groups -OCH3 is 1. The van der Waals surface area contributed by atoms with Crippen LogP contribution in [0.5, 0.6) is 0 Å². The lowest BCUT2D eigenvalue weighted by Crippen LogP contribution is -2.32. The average molecular weight is 376 g/mol. The minimum absolute atomic E-state index is 0.0285. The van der Waals surface area contributed by atoms with Crippen molar-refractivity contribution < 1.29 is 19.4 Å². The lowest BCUT2D eigenvalue weighted by molar-refractivity contribution is -0.140. The van der Waals surface area contributed by atoms with Crippen LogP contribution in [0.25, 0.3) is 0 Å². The Morgan fingerprint density at radius 2 is 2.19 bits per heavy atom. The van der Waals surface area contributed by atoms with Crippen molar-refractivity contribution in [2.45, 2.75) is 70.9 Å². The summed E-state index contributed by atoms with van der Waals surface area (Å²) in [5.41, 5.74) is 0. The van der Waals surface area contributed by atoms with Crippen molar-refractivity contribution >= 4 is 11.9 Å². The van der Waals surface area contributed by atoms with Crippen LogP contribution in [0.15, 0.2) is 24.3 Å². The summed E-state index contributed by atoms with van der Waals surface area (Å²) < 4.78 is 4.61. The average Bonchev–Trinajstić information content (AvgIpc) is 3.02. The first-order chi connectivity index (χ1) is 13.0. The van der Waals surface area contributed by atoms with Gasteiger partial charge in [0.15, 0.2) is 0 Å². The number of likely N-dealkylation sites (tertiary alicyclic amines) is 1. The number of rotatable bonds is 10. The van der Waals surface area contributed by atoms with Crippen molar-refractivity contribution in [1.82, 2.24) is 4.90 Å². The van der Waals surface area contributed by atoms with E-state index >= 15 is 0 Å². The van der Waals surface area contributed by atoms with Crippen LogP contribution in [0.1, 0.15) is 58.8 Å². The highest BCUT2D eigenvalue weighted by Gasteiger charge is 2.28. The lowest BCUT2D eigenvalue weighted by atomic mass is 10.00. The molecular formula is C22H33NO4. The molecule has 0 unspecified atom stereocenters. The van der Waals surface area contributed by atoms with Crippen molar-refractivity contribution in [3.05, 3.63) is 24.3 Å². The zero-order valence-electron chi connectivity index (χ0n) is 16.8. The molecule has 1 amide bonds. The first kappa shape index (κ1) is 23.0. The molecule has 5 heteroatoms. The summed E-state index contributed by atoms with van der Waals surface area (Å²) in [4.78, 5) is 25.0. The van der Waals surface area contributed by atoms with E-state index in [1.165, 1.54) is 7.11 Å². The molecule has 1 heterocycles. The summed E-state index contributed by atoms with van der Waals surface area (Å²) in [5, 5.41) is 10.3. The van der Waals surface area contributed by atoms with Gasteiger partial charge in [0.1, 0.15) is 0 Å². The van der Waals surface area contributed by atoms with Gasteiger partial charge in [-0.1, -0.05) is 38.2 Å². The highest BCUT2D eigenvalue weighted by atomic mass is 16.5. The molecule has 27 heavy (non-hydrogen) atoms. The molecule has 1 rings (SSSR count). The maximum atomic E-state index is 12.1. The first-order valence-electron chi connectivity index (χ1n) is 9.83. The van der Waals surface area contributed by atoms with Crippen LogP contribution in [0.3, 0.4) is 0 Å². The van der Waals surface area contributed by atoms with E-state index in [1.807, 2.05) is 37.0 Å². The van der Waals surface area contributed by atoms with Gasteiger partial charge in [0, 0.05) is 32.2 Å². The number of carbonyl (C=O) groups is 2. The minimum atomic E-state index is -0.553. The Bertz CT molecular complexity index is 585. The molecule has 1 saturated heterocycles. The summed E-state index contributed by atoms with van der Waals surface area (Å²) in [6, 6.07) is 0.0285. The van der Waals surface area contributed by atoms with Gasteiger partial charge in [-0.25, -0.2) is 0 Å². The third kappa shape index (κ3) is 8.92. The molecule has 1 aliphatic heterocycles. The van der Waals surface area contributed by atoms with Gasteiger partial charge in [0.25, 0.3) is 0 Å². The van der Waals surface area contributed by atoms with Crippen molar-refractivity contribution in [2.24, 2.45) is 5.92 Å². The summed E-state index contributed by atoms with van der Waals surface area (Å²) in [6.07, 6.45) is 11.9. The molecule has 0 aromatic heterocycles. The minimum Gasteiger partial charge on any atom is -0.469 e. The fraction of sp³-hybridized carbons (Fsp3) is 0.636. The lowest BCUT2D eigenvalue weighted by Gasteiger charge is -2.21. The highest BCUT2D eigenvalue weighted by Crippen LogP contribution is 2.20. The zero-order valence-corrected chi connectivity index (χ0v) is 16.8. The third-order valence-corrected chi connectivity index (χ3v) is 4.66. The van der Waals surface area contributed by atoms with E-state index in [-0.39, 0.29) is 23.8 Å². The molecular weight excluding hydrogens is 342 g/mol. The maximum Gasteiger partial charge on any atom is 0.305 e. The van der Waals surface area contributed by atoms with E-state index in [2.05, 4.69) is 16.6 Å². The fourth-order valence-corrected chi connectivity index (χ4v) is 2.88. The molecule has 0 aromatic rings. The van der Waals surface area contributed by atoms with Crippen LogP contribution >= 0.6 is 0 Å². The van der Waals surface area contributed by atoms with Crippen LogP contribution in [-0.2, 0) is 14.3 Å². The third-order valence-electron chi connectivity index (χ3n) is 4.66. The van der Waals surface area contributed by atoms with E-state index in [1.54, 1.807) is 6.08 Å². The van der Waals surface area contributed by atoms with Crippen LogP contribution in [-0.4, -0.2) is 47.7 Å². The summed E-state index contributed by atoms with van der Waals surface area (Å²) >= 11 is 0. The smallest absolute Gasteiger partial charge is 0.305 e. The molecule has 5 nitrogen and oxygen atoms in total. The summed E-state index contributed by atoms with van der Waals surface area (Å²) in [5.74, 6) is 6.10. The zero-order chi connectivity index (χ0) is 20.1. The predicted octanol–water partition coefficient (Wildman–Crippen LogP) is 3.23. The Morgan fingerprint density at radius 1 is 1.41 bits per heavy atom. The number of allylic oxidation sites excluding steroid dienone is 1. The molecule has 3 atom stereocenters. The number of hydrogen-bond acceptors (Lipinski definition) is 4. The molecule has 1 fully saturated rings. The Hall–Kier alpha value is -2.06. The number of esters is 1. The van der Waals surface area contributed by atoms with Gasteiger partial charge < -0.3 is 14.7 Å². The normalized spacial score (nSPS) is 19.3. The van der Waals surface area contributed by atoms with E-state index in [0.717, 1.165) is 25.7 Å². The van der Waals surface area contributed by atoms with Gasteiger partial charge in [-0.2, -0.15) is 0 Å². The Labute approximate surface area is 163 Å². The second kappa shape index (κ2) is 13.2. The molecule has 0 bridgehead atoms. The second-order valence-electron chi connectivity index (χ2n) is 6.86. The van der Waals surface area contributed by atoms with Gasteiger partial charge in [-0.3, -0.25) is 9.59 Å². The Balaban J connectivity index is 2.45. The number of nitrogens with zero attached hydrogens (tertiary/aromatic N) is 1. The van der Waals surface area contributed by atoms with Gasteiger partial charge in [0.05, 0.1) is 19.3 Å². The number of ether oxygens (including phenoxy) is 1. The number of amides is 1. The fourth-order valence-electron chi connectivity index (χ4n) is 2.88. The number of unbranched alkanes of at least 4 members (excludes halogenated alkanes) is 1. The topological polar surface area (TPSA) is 66.8 Å². The SMILES string of the molecule is CCC#CC[C@H](C)[C@@H](O)C=C[C@H]1CCC(=O)N1CC=CCCCC(=O)OC. The van der Waals surface area contributed by atoms with Crippen molar-refractivity contribution in [3.8, 4) is 11.8 Å².